The van der Waals surface area contributed by atoms with Gasteiger partial charge in [-0.05, 0) is 6.42 Å². The third-order valence-electron chi connectivity index (χ3n) is 3.34. The van der Waals surface area contributed by atoms with Crippen LogP contribution in [0.3, 0.4) is 0 Å². The number of rotatable bonds is 1. The molecule has 0 aromatic carbocycles. The maximum atomic E-state index is 11.4. The highest BCUT2D eigenvalue weighted by atomic mass is 32.2. The molecule has 1 fully saturated rings. The minimum Gasteiger partial charge on any atom is -0.344 e. The van der Waals surface area contributed by atoms with Crippen molar-refractivity contribution in [1.82, 2.24) is 15.3 Å². The Morgan fingerprint density at radius 2 is 2.25 bits per heavy atom. The number of aromatic amines is 1. The first-order valence-electron chi connectivity index (χ1n) is 5.63. The summed E-state index contributed by atoms with van der Waals surface area (Å²) < 4.78 is 22.8. The Labute approximate surface area is 94.6 Å². The minimum atomic E-state index is -2.82. The zero-order chi connectivity index (χ0) is 11.2. The molecule has 0 amide bonds. The fraction of sp³-hybridized carbons (Fsp3) is 0.700. The van der Waals surface area contributed by atoms with Crippen LogP contribution in [0.25, 0.3) is 0 Å². The lowest BCUT2D eigenvalue weighted by atomic mass is 10.1. The van der Waals surface area contributed by atoms with Crippen LogP contribution in [0.4, 0.5) is 0 Å². The summed E-state index contributed by atoms with van der Waals surface area (Å²) >= 11 is 0. The summed E-state index contributed by atoms with van der Waals surface area (Å²) in [5.41, 5.74) is 2.24. The molecule has 1 aromatic rings. The first kappa shape index (κ1) is 10.3. The van der Waals surface area contributed by atoms with E-state index in [-0.39, 0.29) is 11.7 Å². The Morgan fingerprint density at radius 1 is 1.38 bits per heavy atom. The van der Waals surface area contributed by atoms with Gasteiger partial charge in [-0.1, -0.05) is 0 Å². The van der Waals surface area contributed by atoms with Crippen LogP contribution in [-0.2, 0) is 22.8 Å². The van der Waals surface area contributed by atoms with Crippen molar-refractivity contribution in [2.75, 3.05) is 18.1 Å². The molecule has 2 aliphatic heterocycles. The van der Waals surface area contributed by atoms with E-state index in [1.807, 2.05) is 0 Å². The highest BCUT2D eigenvalue weighted by molar-refractivity contribution is 7.91. The first-order valence-corrected chi connectivity index (χ1v) is 7.45. The molecule has 2 aliphatic rings. The van der Waals surface area contributed by atoms with Gasteiger partial charge in [-0.2, -0.15) is 0 Å². The van der Waals surface area contributed by atoms with E-state index in [1.165, 1.54) is 0 Å². The molecule has 16 heavy (non-hydrogen) atoms. The third-order valence-corrected chi connectivity index (χ3v) is 5.11. The quantitative estimate of drug-likeness (QED) is 0.723. The van der Waals surface area contributed by atoms with E-state index in [0.29, 0.717) is 12.2 Å². The van der Waals surface area contributed by atoms with E-state index >= 15 is 0 Å². The van der Waals surface area contributed by atoms with Crippen LogP contribution in [0, 0.1) is 0 Å². The van der Waals surface area contributed by atoms with Gasteiger partial charge in [0.2, 0.25) is 0 Å². The smallest absolute Gasteiger partial charge is 0.151 e. The van der Waals surface area contributed by atoms with Crippen LogP contribution in [-0.4, -0.2) is 36.4 Å². The molecule has 0 radical (unpaired) electrons. The van der Waals surface area contributed by atoms with Gasteiger partial charge >= 0.3 is 0 Å². The van der Waals surface area contributed by atoms with Crippen molar-refractivity contribution in [3.63, 3.8) is 0 Å². The maximum absolute atomic E-state index is 11.4. The second-order valence-corrected chi connectivity index (χ2v) is 6.80. The standard InChI is InChI=1S/C10H15N3O2S/c14-16(15)4-2-7(6-16)10-12-8-1-3-11-5-9(8)13-10/h7,11H,1-6H2,(H,12,13). The molecule has 1 saturated heterocycles. The summed E-state index contributed by atoms with van der Waals surface area (Å²) in [6.45, 7) is 1.78. The normalized spacial score (nSPS) is 27.9. The number of hydrogen-bond acceptors (Lipinski definition) is 4. The molecular formula is C10H15N3O2S. The molecule has 5 nitrogen and oxygen atoms in total. The van der Waals surface area contributed by atoms with E-state index in [9.17, 15) is 8.42 Å². The van der Waals surface area contributed by atoms with Gasteiger partial charge in [-0.25, -0.2) is 13.4 Å². The van der Waals surface area contributed by atoms with Gasteiger partial charge < -0.3 is 10.3 Å². The van der Waals surface area contributed by atoms with Crippen LogP contribution in [0.15, 0.2) is 0 Å². The van der Waals surface area contributed by atoms with Gasteiger partial charge in [0.1, 0.15) is 5.82 Å². The predicted molar refractivity (Wildman–Crippen MR) is 60.0 cm³/mol. The Kier molecular flexibility index (Phi) is 2.29. The average molecular weight is 241 g/mol. The number of H-pyrrole nitrogens is 1. The first-order chi connectivity index (χ1) is 7.64. The monoisotopic (exact) mass is 241 g/mol. The topological polar surface area (TPSA) is 74.8 Å². The summed E-state index contributed by atoms with van der Waals surface area (Å²) in [5.74, 6) is 1.51. The van der Waals surface area contributed by atoms with Crippen LogP contribution in [0.5, 0.6) is 0 Å². The molecule has 0 saturated carbocycles. The molecule has 1 aromatic heterocycles. The Hall–Kier alpha value is -0.880. The van der Waals surface area contributed by atoms with Gasteiger partial charge in [-0.15, -0.1) is 0 Å². The molecule has 3 rings (SSSR count). The molecule has 1 unspecified atom stereocenters. The van der Waals surface area contributed by atoms with Crippen molar-refractivity contribution in [3.8, 4) is 0 Å². The number of aromatic nitrogens is 2. The van der Waals surface area contributed by atoms with Crippen molar-refractivity contribution in [1.29, 1.82) is 0 Å². The fourth-order valence-corrected chi connectivity index (χ4v) is 4.19. The van der Waals surface area contributed by atoms with Gasteiger partial charge in [0.05, 0.1) is 22.9 Å². The van der Waals surface area contributed by atoms with E-state index in [4.69, 9.17) is 0 Å². The molecule has 3 heterocycles. The number of nitrogens with one attached hydrogen (secondary N) is 2. The van der Waals surface area contributed by atoms with Crippen LogP contribution in [0.1, 0.15) is 29.6 Å². The molecule has 0 spiro atoms. The van der Waals surface area contributed by atoms with Crippen molar-refractivity contribution in [3.05, 3.63) is 17.2 Å². The van der Waals surface area contributed by atoms with Crippen molar-refractivity contribution in [2.24, 2.45) is 0 Å². The molecule has 1 atom stereocenters. The Balaban J connectivity index is 1.88. The van der Waals surface area contributed by atoms with Gasteiger partial charge in [0.25, 0.3) is 0 Å². The van der Waals surface area contributed by atoms with Gasteiger partial charge in [0, 0.05) is 25.4 Å². The molecule has 0 aliphatic carbocycles. The maximum Gasteiger partial charge on any atom is 0.151 e. The zero-order valence-electron chi connectivity index (χ0n) is 8.99. The summed E-state index contributed by atoms with van der Waals surface area (Å²) in [5, 5.41) is 3.27. The van der Waals surface area contributed by atoms with Crippen molar-refractivity contribution >= 4 is 9.84 Å². The van der Waals surface area contributed by atoms with E-state index in [2.05, 4.69) is 15.3 Å². The molecule has 0 bridgehead atoms. The van der Waals surface area contributed by atoms with Crippen LogP contribution in [0.2, 0.25) is 0 Å². The lowest BCUT2D eigenvalue weighted by molar-refractivity contribution is 0.601. The highest BCUT2D eigenvalue weighted by Gasteiger charge is 2.31. The third kappa shape index (κ3) is 1.76. The van der Waals surface area contributed by atoms with E-state index in [1.54, 1.807) is 0 Å². The largest absolute Gasteiger partial charge is 0.344 e. The van der Waals surface area contributed by atoms with Crippen LogP contribution < -0.4 is 5.32 Å². The van der Waals surface area contributed by atoms with E-state index < -0.39 is 9.84 Å². The van der Waals surface area contributed by atoms with Crippen molar-refractivity contribution < 1.29 is 8.42 Å². The minimum absolute atomic E-state index is 0.0793. The number of fused-ring (bicyclic) bond motifs is 1. The van der Waals surface area contributed by atoms with E-state index in [0.717, 1.165) is 36.7 Å². The lowest BCUT2D eigenvalue weighted by Crippen LogP contribution is -2.23. The molecule has 88 valence electrons. The van der Waals surface area contributed by atoms with Gasteiger partial charge in [-0.3, -0.25) is 0 Å². The Bertz CT molecular complexity index is 483. The summed E-state index contributed by atoms with van der Waals surface area (Å²) in [6, 6.07) is 0. The molecule has 6 heteroatoms. The average Bonchev–Trinajstić information content (AvgIpc) is 2.80. The lowest BCUT2D eigenvalue weighted by Gasteiger charge is -2.09. The second kappa shape index (κ2) is 3.56. The van der Waals surface area contributed by atoms with Crippen LogP contribution >= 0.6 is 0 Å². The highest BCUT2D eigenvalue weighted by Crippen LogP contribution is 2.28. The summed E-state index contributed by atoms with van der Waals surface area (Å²) in [4.78, 5) is 7.81. The number of nitrogens with zero attached hydrogens (tertiary/aromatic N) is 1. The second-order valence-electron chi connectivity index (χ2n) is 4.57. The summed E-state index contributed by atoms with van der Waals surface area (Å²) in [7, 11) is -2.82. The molecular weight excluding hydrogens is 226 g/mol. The summed E-state index contributed by atoms with van der Waals surface area (Å²) in [6.07, 6.45) is 1.65. The number of imidazole rings is 1. The molecule has 2 N–H and O–H groups in total. The fourth-order valence-electron chi connectivity index (χ4n) is 2.44. The number of sulfone groups is 1. The number of hydrogen-bond donors (Lipinski definition) is 2. The zero-order valence-corrected chi connectivity index (χ0v) is 9.81. The van der Waals surface area contributed by atoms with Crippen molar-refractivity contribution in [2.45, 2.75) is 25.3 Å². The van der Waals surface area contributed by atoms with Gasteiger partial charge in [0.15, 0.2) is 9.84 Å². The predicted octanol–water partition coefficient (Wildman–Crippen LogP) is -0.0425. The SMILES string of the molecule is O=S1(=O)CCC(c2nc3c([nH]2)CNCC3)C1. The Morgan fingerprint density at radius 3 is 2.94 bits per heavy atom.